The molecule has 1 N–H and O–H groups in total. The molecule has 0 spiro atoms. The molecule has 140 valence electrons. The fourth-order valence-corrected chi connectivity index (χ4v) is 3.31. The fourth-order valence-electron chi connectivity index (χ4n) is 3.31. The zero-order valence-electron chi connectivity index (χ0n) is 15.7. The van der Waals surface area contributed by atoms with Crippen molar-refractivity contribution in [1.82, 2.24) is 5.32 Å². The van der Waals surface area contributed by atoms with E-state index < -0.39 is 0 Å². The molecule has 0 saturated carbocycles. The number of rotatable bonds is 9. The van der Waals surface area contributed by atoms with Gasteiger partial charge < -0.3 is 19.7 Å². The van der Waals surface area contributed by atoms with E-state index >= 15 is 0 Å². The number of unbranched alkanes of at least 4 members (excludes halogenated alkanes) is 2. The van der Waals surface area contributed by atoms with Crippen LogP contribution >= 0.6 is 0 Å². The van der Waals surface area contributed by atoms with Gasteiger partial charge in [0.05, 0.1) is 6.61 Å². The lowest BCUT2D eigenvalue weighted by Gasteiger charge is -2.30. The summed E-state index contributed by atoms with van der Waals surface area (Å²) in [5.41, 5.74) is 3.62. The molecule has 1 aliphatic rings. The van der Waals surface area contributed by atoms with Crippen LogP contribution < -0.4 is 15.0 Å². The van der Waals surface area contributed by atoms with Crippen LogP contribution in [-0.2, 0) is 4.74 Å². The van der Waals surface area contributed by atoms with Gasteiger partial charge in [0.25, 0.3) is 0 Å². The molecule has 1 saturated heterocycles. The largest absolute Gasteiger partial charge is 0.493 e. The van der Waals surface area contributed by atoms with Crippen molar-refractivity contribution in [3.8, 4) is 16.9 Å². The molecule has 0 unspecified atom stereocenters. The monoisotopic (exact) mass is 354 g/mol. The van der Waals surface area contributed by atoms with Gasteiger partial charge in [0, 0.05) is 57.2 Å². The summed E-state index contributed by atoms with van der Waals surface area (Å²) in [7, 11) is 1.75. The van der Waals surface area contributed by atoms with Gasteiger partial charge in [-0.1, -0.05) is 30.3 Å². The molecular formula is C22H30N2O2. The third-order valence-electron chi connectivity index (χ3n) is 4.78. The van der Waals surface area contributed by atoms with Gasteiger partial charge in [-0.3, -0.25) is 0 Å². The van der Waals surface area contributed by atoms with E-state index in [0.717, 1.165) is 64.4 Å². The highest BCUT2D eigenvalue weighted by molar-refractivity contribution is 5.73. The highest BCUT2D eigenvalue weighted by Crippen LogP contribution is 2.34. The van der Waals surface area contributed by atoms with Crippen molar-refractivity contribution < 1.29 is 9.47 Å². The summed E-state index contributed by atoms with van der Waals surface area (Å²) in [5.74, 6) is 0.985. The Balaban J connectivity index is 1.73. The van der Waals surface area contributed by atoms with Gasteiger partial charge in [0.2, 0.25) is 0 Å². The van der Waals surface area contributed by atoms with Crippen LogP contribution in [0.3, 0.4) is 0 Å². The molecule has 0 bridgehead atoms. The first-order chi connectivity index (χ1) is 12.9. The summed E-state index contributed by atoms with van der Waals surface area (Å²) in [6.07, 6.45) is 3.27. The molecule has 2 aromatic rings. The standard InChI is InChI=1S/C22H30N2O2/c1-25-16-6-3-7-17-26-22-18-20(24-14-12-23-13-15-24)10-11-21(22)19-8-4-2-5-9-19/h2,4-5,8-11,18,23H,3,6-7,12-17H2,1H3. The van der Waals surface area contributed by atoms with Crippen molar-refractivity contribution in [2.45, 2.75) is 19.3 Å². The van der Waals surface area contributed by atoms with Crippen molar-refractivity contribution in [2.75, 3.05) is 51.4 Å². The second kappa shape index (κ2) is 10.2. The number of benzene rings is 2. The predicted molar refractivity (Wildman–Crippen MR) is 108 cm³/mol. The lowest BCUT2D eigenvalue weighted by atomic mass is 10.0. The van der Waals surface area contributed by atoms with E-state index in [1.165, 1.54) is 16.8 Å². The average Bonchev–Trinajstić information content (AvgIpc) is 2.72. The molecule has 3 rings (SSSR count). The van der Waals surface area contributed by atoms with Gasteiger partial charge in [-0.25, -0.2) is 0 Å². The Hall–Kier alpha value is -2.04. The molecule has 0 atom stereocenters. The maximum Gasteiger partial charge on any atom is 0.129 e. The predicted octanol–water partition coefficient (Wildman–Crippen LogP) is 3.96. The van der Waals surface area contributed by atoms with E-state index in [9.17, 15) is 0 Å². The zero-order valence-corrected chi connectivity index (χ0v) is 15.7. The number of piperazine rings is 1. The topological polar surface area (TPSA) is 33.7 Å². The van der Waals surface area contributed by atoms with Crippen LogP contribution in [0.2, 0.25) is 0 Å². The molecule has 4 nitrogen and oxygen atoms in total. The highest BCUT2D eigenvalue weighted by atomic mass is 16.5. The van der Waals surface area contributed by atoms with E-state index in [1.54, 1.807) is 7.11 Å². The quantitative estimate of drug-likeness (QED) is 0.691. The van der Waals surface area contributed by atoms with Gasteiger partial charge in [0.15, 0.2) is 0 Å². The number of hydrogen-bond acceptors (Lipinski definition) is 4. The summed E-state index contributed by atoms with van der Waals surface area (Å²) in [6, 6.07) is 17.1. The molecule has 26 heavy (non-hydrogen) atoms. The lowest BCUT2D eigenvalue weighted by Crippen LogP contribution is -2.43. The van der Waals surface area contributed by atoms with E-state index in [0.29, 0.717) is 0 Å². The Bertz CT molecular complexity index is 654. The van der Waals surface area contributed by atoms with Gasteiger partial charge in [-0.15, -0.1) is 0 Å². The fraction of sp³-hybridized carbons (Fsp3) is 0.455. The highest BCUT2D eigenvalue weighted by Gasteiger charge is 2.14. The number of nitrogens with zero attached hydrogens (tertiary/aromatic N) is 1. The Morgan fingerprint density at radius 3 is 2.46 bits per heavy atom. The van der Waals surface area contributed by atoms with Gasteiger partial charge in [-0.05, 0) is 37.0 Å². The summed E-state index contributed by atoms with van der Waals surface area (Å²) in [5, 5.41) is 3.41. The maximum absolute atomic E-state index is 6.22. The van der Waals surface area contributed by atoms with Crippen LogP contribution in [0.25, 0.3) is 11.1 Å². The minimum absolute atomic E-state index is 0.745. The minimum Gasteiger partial charge on any atom is -0.493 e. The van der Waals surface area contributed by atoms with Crippen LogP contribution in [0.5, 0.6) is 5.75 Å². The number of nitrogens with one attached hydrogen (secondary N) is 1. The number of hydrogen-bond donors (Lipinski definition) is 1. The first kappa shape index (κ1) is 18.7. The van der Waals surface area contributed by atoms with Crippen molar-refractivity contribution in [3.05, 3.63) is 48.5 Å². The van der Waals surface area contributed by atoms with E-state index in [2.05, 4.69) is 58.7 Å². The summed E-state index contributed by atoms with van der Waals surface area (Å²) < 4.78 is 11.3. The molecule has 2 aromatic carbocycles. The van der Waals surface area contributed by atoms with Crippen LogP contribution in [0.1, 0.15) is 19.3 Å². The maximum atomic E-state index is 6.22. The van der Waals surface area contributed by atoms with E-state index in [1.807, 2.05) is 0 Å². The second-order valence-electron chi connectivity index (χ2n) is 6.69. The van der Waals surface area contributed by atoms with Crippen molar-refractivity contribution in [2.24, 2.45) is 0 Å². The van der Waals surface area contributed by atoms with E-state index in [-0.39, 0.29) is 0 Å². The number of ether oxygens (including phenoxy) is 2. The number of anilines is 1. The molecule has 0 aliphatic carbocycles. The van der Waals surface area contributed by atoms with Gasteiger partial charge in [-0.2, -0.15) is 0 Å². The molecule has 4 heteroatoms. The molecule has 0 radical (unpaired) electrons. The van der Waals surface area contributed by atoms with Crippen LogP contribution in [-0.4, -0.2) is 46.5 Å². The summed E-state index contributed by atoms with van der Waals surface area (Å²) in [6.45, 7) is 5.73. The molecule has 0 amide bonds. The van der Waals surface area contributed by atoms with Crippen LogP contribution in [0, 0.1) is 0 Å². The normalized spacial score (nSPS) is 14.4. The Morgan fingerprint density at radius 1 is 0.923 bits per heavy atom. The Labute approximate surface area is 157 Å². The third-order valence-corrected chi connectivity index (χ3v) is 4.78. The van der Waals surface area contributed by atoms with Crippen LogP contribution in [0.4, 0.5) is 5.69 Å². The van der Waals surface area contributed by atoms with Gasteiger partial charge >= 0.3 is 0 Å². The van der Waals surface area contributed by atoms with Crippen molar-refractivity contribution in [3.63, 3.8) is 0 Å². The molecule has 1 heterocycles. The summed E-state index contributed by atoms with van der Waals surface area (Å²) >= 11 is 0. The first-order valence-electron chi connectivity index (χ1n) is 9.65. The third kappa shape index (κ3) is 5.23. The molecule has 1 aliphatic heterocycles. The Morgan fingerprint density at radius 2 is 1.69 bits per heavy atom. The SMILES string of the molecule is COCCCCCOc1cc(N2CCNCC2)ccc1-c1ccccc1. The smallest absolute Gasteiger partial charge is 0.129 e. The second-order valence-corrected chi connectivity index (χ2v) is 6.69. The zero-order chi connectivity index (χ0) is 18.0. The lowest BCUT2D eigenvalue weighted by molar-refractivity contribution is 0.189. The number of methoxy groups -OCH3 is 1. The van der Waals surface area contributed by atoms with Gasteiger partial charge in [0.1, 0.15) is 5.75 Å². The first-order valence-corrected chi connectivity index (χ1v) is 9.65. The van der Waals surface area contributed by atoms with Crippen molar-refractivity contribution in [1.29, 1.82) is 0 Å². The Kier molecular flexibility index (Phi) is 7.35. The average molecular weight is 354 g/mol. The summed E-state index contributed by atoms with van der Waals surface area (Å²) in [4.78, 5) is 2.43. The minimum atomic E-state index is 0.745. The molecule has 1 fully saturated rings. The van der Waals surface area contributed by atoms with Crippen molar-refractivity contribution >= 4 is 5.69 Å². The van der Waals surface area contributed by atoms with Crippen LogP contribution in [0.15, 0.2) is 48.5 Å². The molecule has 0 aromatic heterocycles. The molecular weight excluding hydrogens is 324 g/mol. The van der Waals surface area contributed by atoms with E-state index in [4.69, 9.17) is 9.47 Å².